The van der Waals surface area contributed by atoms with Crippen molar-refractivity contribution in [2.24, 2.45) is 5.92 Å². The fraction of sp³-hybridized carbons (Fsp3) is 0.320. The minimum atomic E-state index is -0.880. The first kappa shape index (κ1) is 20.8. The monoisotopic (exact) mass is 418 g/mol. The van der Waals surface area contributed by atoms with E-state index in [9.17, 15) is 9.59 Å². The van der Waals surface area contributed by atoms with Crippen LogP contribution in [0.25, 0.3) is 22.6 Å². The van der Waals surface area contributed by atoms with Crippen LogP contribution in [0.1, 0.15) is 54.6 Å². The number of pyridine rings is 1. The number of ether oxygens (including phenoxy) is 1. The molecule has 1 N–H and O–H groups in total. The molecule has 0 aliphatic heterocycles. The Kier molecular flexibility index (Phi) is 5.89. The third kappa shape index (κ3) is 4.24. The molecule has 31 heavy (non-hydrogen) atoms. The van der Waals surface area contributed by atoms with Gasteiger partial charge in [-0.15, -0.1) is 0 Å². The van der Waals surface area contributed by atoms with Gasteiger partial charge >= 0.3 is 5.97 Å². The molecule has 6 heteroatoms. The Balaban J connectivity index is 1.84. The zero-order valence-electron chi connectivity index (χ0n) is 18.0. The molecule has 0 bridgehead atoms. The molecule has 1 aliphatic carbocycles. The molecule has 0 unspecified atom stereocenters. The number of aromatic nitrogens is 1. The normalized spacial score (nSPS) is 17.9. The third-order valence-corrected chi connectivity index (χ3v) is 5.49. The summed E-state index contributed by atoms with van der Waals surface area (Å²) in [4.78, 5) is 30.3. The van der Waals surface area contributed by atoms with E-state index >= 15 is 0 Å². The van der Waals surface area contributed by atoms with Crippen molar-refractivity contribution in [3.63, 3.8) is 0 Å². The predicted molar refractivity (Wildman–Crippen MR) is 119 cm³/mol. The maximum absolute atomic E-state index is 13.3. The molecule has 0 radical (unpaired) electrons. The summed E-state index contributed by atoms with van der Waals surface area (Å²) in [7, 11) is 0. The van der Waals surface area contributed by atoms with Gasteiger partial charge < -0.3 is 14.5 Å². The first-order valence-corrected chi connectivity index (χ1v) is 10.6. The molecule has 1 amide bonds. The van der Waals surface area contributed by atoms with E-state index < -0.39 is 12.1 Å². The van der Waals surface area contributed by atoms with Gasteiger partial charge in [0, 0.05) is 11.9 Å². The molecule has 6 nitrogen and oxygen atoms in total. The van der Waals surface area contributed by atoms with Crippen LogP contribution in [-0.4, -0.2) is 29.5 Å². The van der Waals surface area contributed by atoms with E-state index in [2.05, 4.69) is 12.2 Å². The largest absolute Gasteiger partial charge is 0.465 e. The highest BCUT2D eigenvalue weighted by molar-refractivity contribution is 6.07. The van der Waals surface area contributed by atoms with Crippen LogP contribution < -0.4 is 5.32 Å². The van der Waals surface area contributed by atoms with Gasteiger partial charge in [0.25, 0.3) is 5.91 Å². The van der Waals surface area contributed by atoms with Gasteiger partial charge in [-0.3, -0.25) is 4.79 Å². The molecule has 0 saturated heterocycles. The number of amides is 1. The van der Waals surface area contributed by atoms with Crippen molar-refractivity contribution in [1.29, 1.82) is 0 Å². The second-order valence-corrected chi connectivity index (χ2v) is 7.97. The summed E-state index contributed by atoms with van der Waals surface area (Å²) in [6, 6.07) is 11.3. The smallest absolute Gasteiger partial charge is 0.339 e. The van der Waals surface area contributed by atoms with Crippen molar-refractivity contribution < 1.29 is 18.7 Å². The van der Waals surface area contributed by atoms with Crippen LogP contribution in [0.15, 0.2) is 47.1 Å². The number of carbonyl (C=O) groups excluding carboxylic acids is 2. The molecule has 1 aliphatic rings. The Morgan fingerprint density at radius 2 is 2.06 bits per heavy atom. The van der Waals surface area contributed by atoms with Gasteiger partial charge in [-0.2, -0.15) is 0 Å². The lowest BCUT2D eigenvalue weighted by atomic mass is 9.81. The molecular weight excluding hydrogens is 392 g/mol. The van der Waals surface area contributed by atoms with Crippen LogP contribution in [0.2, 0.25) is 0 Å². The number of rotatable bonds is 5. The fourth-order valence-electron chi connectivity index (χ4n) is 4.11. The molecular formula is C25H26N2O4. The van der Waals surface area contributed by atoms with Gasteiger partial charge in [0.05, 0.1) is 23.0 Å². The number of para-hydroxylation sites is 1. The lowest BCUT2D eigenvalue weighted by molar-refractivity contribution is -0.128. The number of nitrogens with one attached hydrogen (secondary N) is 1. The Labute approximate surface area is 181 Å². The van der Waals surface area contributed by atoms with Crippen LogP contribution in [0, 0.1) is 5.92 Å². The zero-order chi connectivity index (χ0) is 22.0. The van der Waals surface area contributed by atoms with Gasteiger partial charge in [-0.1, -0.05) is 25.1 Å². The Hall–Kier alpha value is -3.41. The van der Waals surface area contributed by atoms with Crippen molar-refractivity contribution in [3.8, 4) is 0 Å². The van der Waals surface area contributed by atoms with Crippen LogP contribution in [-0.2, 0) is 16.0 Å². The summed E-state index contributed by atoms with van der Waals surface area (Å²) in [5.74, 6) is 0.262. The standard InChI is InChI=1S/C25H26N2O4/c1-4-26-24(28)16(3)31-25(29)22-19-9-5-6-10-21(19)27-23-17(12-15(2)13-20(22)23)14-18-8-7-11-30-18/h5-11,14-16H,4,12-13H2,1-3H3,(H,26,28)/b17-14-/t15-,16-/m0/s1. The summed E-state index contributed by atoms with van der Waals surface area (Å²) in [5.41, 5.74) is 3.90. The second-order valence-electron chi connectivity index (χ2n) is 7.97. The predicted octanol–water partition coefficient (Wildman–Crippen LogP) is 4.63. The van der Waals surface area contributed by atoms with Gasteiger partial charge in [0.2, 0.25) is 0 Å². The number of benzene rings is 1. The quantitative estimate of drug-likeness (QED) is 0.611. The lowest BCUT2D eigenvalue weighted by Gasteiger charge is -2.26. The zero-order valence-corrected chi connectivity index (χ0v) is 18.0. The number of allylic oxidation sites excluding steroid dienone is 1. The number of hydrogen-bond donors (Lipinski definition) is 1. The maximum atomic E-state index is 13.3. The van der Waals surface area contributed by atoms with Crippen molar-refractivity contribution >= 4 is 34.4 Å². The van der Waals surface area contributed by atoms with E-state index in [0.717, 1.165) is 39.9 Å². The van der Waals surface area contributed by atoms with E-state index in [0.29, 0.717) is 24.4 Å². The minimum Gasteiger partial charge on any atom is -0.465 e. The van der Waals surface area contributed by atoms with Crippen molar-refractivity contribution in [1.82, 2.24) is 10.3 Å². The highest BCUT2D eigenvalue weighted by Gasteiger charge is 2.30. The third-order valence-electron chi connectivity index (χ3n) is 5.49. The van der Waals surface area contributed by atoms with Crippen LogP contribution in [0.5, 0.6) is 0 Å². The number of nitrogens with zero attached hydrogens (tertiary/aromatic N) is 1. The van der Waals surface area contributed by atoms with Crippen LogP contribution in [0.3, 0.4) is 0 Å². The number of esters is 1. The number of likely N-dealkylation sites (N-methyl/N-ethyl adjacent to an activating group) is 1. The Bertz CT molecular complexity index is 1150. The van der Waals surface area contributed by atoms with E-state index in [1.54, 1.807) is 13.2 Å². The van der Waals surface area contributed by atoms with E-state index in [-0.39, 0.29) is 5.91 Å². The average molecular weight is 418 g/mol. The van der Waals surface area contributed by atoms with Crippen molar-refractivity contribution in [2.45, 2.75) is 39.7 Å². The first-order chi connectivity index (χ1) is 15.0. The molecule has 0 spiro atoms. The Morgan fingerprint density at radius 3 is 2.81 bits per heavy atom. The molecule has 4 rings (SSSR count). The molecule has 0 saturated carbocycles. The molecule has 2 aromatic heterocycles. The minimum absolute atomic E-state index is 0.310. The summed E-state index contributed by atoms with van der Waals surface area (Å²) >= 11 is 0. The highest BCUT2D eigenvalue weighted by atomic mass is 16.5. The van der Waals surface area contributed by atoms with E-state index in [1.807, 2.05) is 49.4 Å². The van der Waals surface area contributed by atoms with Crippen LogP contribution in [0.4, 0.5) is 0 Å². The number of furan rings is 1. The highest BCUT2D eigenvalue weighted by Crippen LogP contribution is 2.38. The summed E-state index contributed by atoms with van der Waals surface area (Å²) < 4.78 is 11.1. The maximum Gasteiger partial charge on any atom is 0.339 e. The van der Waals surface area contributed by atoms with Gasteiger partial charge in [-0.05, 0) is 68.0 Å². The summed E-state index contributed by atoms with van der Waals surface area (Å²) in [6.45, 7) is 6.05. The van der Waals surface area contributed by atoms with Gasteiger partial charge in [0.1, 0.15) is 5.76 Å². The lowest BCUT2D eigenvalue weighted by Crippen LogP contribution is -2.36. The first-order valence-electron chi connectivity index (χ1n) is 10.6. The van der Waals surface area contributed by atoms with Gasteiger partial charge in [-0.25, -0.2) is 9.78 Å². The molecule has 1 aromatic carbocycles. The average Bonchev–Trinajstić information content (AvgIpc) is 3.25. The Morgan fingerprint density at radius 1 is 1.26 bits per heavy atom. The molecule has 3 aromatic rings. The SMILES string of the molecule is CCNC(=O)[C@H](C)OC(=O)c1c2c(nc3ccccc13)/C(=C\c1ccco1)C[C@H](C)C2. The van der Waals surface area contributed by atoms with Crippen LogP contribution >= 0.6 is 0 Å². The second kappa shape index (κ2) is 8.76. The van der Waals surface area contributed by atoms with Crippen molar-refractivity contribution in [2.75, 3.05) is 6.54 Å². The summed E-state index contributed by atoms with van der Waals surface area (Å²) in [5, 5.41) is 3.43. The number of carbonyl (C=O) groups is 2. The molecule has 0 fully saturated rings. The summed E-state index contributed by atoms with van der Waals surface area (Å²) in [6.07, 6.45) is 4.29. The number of hydrogen-bond acceptors (Lipinski definition) is 5. The number of fused-ring (bicyclic) bond motifs is 2. The molecule has 2 atom stereocenters. The topological polar surface area (TPSA) is 81.4 Å². The van der Waals surface area contributed by atoms with Gasteiger partial charge in [0.15, 0.2) is 6.10 Å². The molecule has 160 valence electrons. The van der Waals surface area contributed by atoms with Crippen molar-refractivity contribution in [3.05, 3.63) is 65.2 Å². The van der Waals surface area contributed by atoms with E-state index in [1.165, 1.54) is 0 Å². The van der Waals surface area contributed by atoms with E-state index in [4.69, 9.17) is 14.1 Å². The molecule has 2 heterocycles. The fourth-order valence-corrected chi connectivity index (χ4v) is 4.11.